The Morgan fingerprint density at radius 1 is 1.16 bits per heavy atom. The van der Waals surface area contributed by atoms with Crippen LogP contribution in [-0.2, 0) is 17.6 Å². The highest BCUT2D eigenvalue weighted by Gasteiger charge is 2.51. The topological polar surface area (TPSA) is 68.2 Å². The lowest BCUT2D eigenvalue weighted by molar-refractivity contribution is 0.0301. The van der Waals surface area contributed by atoms with Crippen molar-refractivity contribution in [3.05, 3.63) is 59.2 Å². The Morgan fingerprint density at radius 3 is 2.41 bits per heavy atom. The van der Waals surface area contributed by atoms with Crippen LogP contribution >= 0.6 is 0 Å². The molecule has 1 aliphatic carbocycles. The van der Waals surface area contributed by atoms with Gasteiger partial charge in [0.25, 0.3) is 0 Å². The van der Waals surface area contributed by atoms with E-state index >= 15 is 0 Å². The minimum Gasteiger partial charge on any atom is -0.493 e. The van der Waals surface area contributed by atoms with Crippen molar-refractivity contribution in [1.82, 2.24) is 4.90 Å². The third kappa shape index (κ3) is 3.92. The molecule has 2 aromatic carbocycles. The van der Waals surface area contributed by atoms with Gasteiger partial charge in [-0.1, -0.05) is 37.3 Å². The largest absolute Gasteiger partial charge is 0.493 e. The molecule has 1 saturated heterocycles. The molecule has 2 aliphatic rings. The van der Waals surface area contributed by atoms with Gasteiger partial charge in [-0.05, 0) is 42.2 Å². The number of carbonyl (C=O) groups excluding carboxylic acids is 1. The van der Waals surface area contributed by atoms with E-state index in [1.165, 1.54) is 18.2 Å². The summed E-state index contributed by atoms with van der Waals surface area (Å²) in [6.07, 6.45) is 1.59. The maximum absolute atomic E-state index is 12.3. The Kier molecular flexibility index (Phi) is 6.33. The Labute approximate surface area is 190 Å². The summed E-state index contributed by atoms with van der Waals surface area (Å²) in [5.74, 6) is 1.35. The molecular formula is C26H33NO5. The summed E-state index contributed by atoms with van der Waals surface area (Å²) in [5.41, 5.74) is 3.24. The van der Waals surface area contributed by atoms with Crippen LogP contribution in [0.4, 0.5) is 4.79 Å². The number of rotatable bonds is 6. The van der Waals surface area contributed by atoms with E-state index in [0.717, 1.165) is 24.8 Å². The molecule has 0 aromatic heterocycles. The van der Waals surface area contributed by atoms with E-state index in [4.69, 9.17) is 14.2 Å². The van der Waals surface area contributed by atoms with Crippen molar-refractivity contribution in [2.75, 3.05) is 27.3 Å². The normalized spacial score (nSPS) is 23.7. The van der Waals surface area contributed by atoms with Gasteiger partial charge in [-0.15, -0.1) is 0 Å². The highest BCUT2D eigenvalue weighted by atomic mass is 16.5. The second-order valence-electron chi connectivity index (χ2n) is 8.99. The third-order valence-corrected chi connectivity index (χ3v) is 7.40. The predicted octanol–water partition coefficient (Wildman–Crippen LogP) is 4.18. The zero-order valence-electron chi connectivity index (χ0n) is 19.3. The lowest BCUT2D eigenvalue weighted by Gasteiger charge is -2.37. The van der Waals surface area contributed by atoms with Crippen LogP contribution in [0.2, 0.25) is 0 Å². The number of hydrogen-bond acceptors (Lipinski definition) is 5. The van der Waals surface area contributed by atoms with E-state index in [9.17, 15) is 9.90 Å². The smallest absolute Gasteiger partial charge is 0.409 e. The zero-order valence-corrected chi connectivity index (χ0v) is 19.3. The van der Waals surface area contributed by atoms with Gasteiger partial charge in [-0.2, -0.15) is 0 Å². The average molecular weight is 440 g/mol. The van der Waals surface area contributed by atoms with E-state index in [-0.39, 0.29) is 18.1 Å². The van der Waals surface area contributed by atoms with Crippen LogP contribution in [-0.4, -0.2) is 55.6 Å². The van der Waals surface area contributed by atoms with Gasteiger partial charge in [0.15, 0.2) is 11.5 Å². The number of ether oxygens (including phenoxy) is 3. The standard InChI is InChI=1S/C26H33NO5/c1-5-26(17(2)28)16-27(25(29)31-4)15-22(26)20-10-11-23(30-3)24(14-20)32-21-12-18-8-6-7-9-19(18)13-21/h6-11,14,17,21-22,28H,5,12-13,15-16H2,1-4H3. The molecule has 1 heterocycles. The molecular weight excluding hydrogens is 406 g/mol. The van der Waals surface area contributed by atoms with E-state index in [1.54, 1.807) is 12.0 Å². The van der Waals surface area contributed by atoms with Crippen LogP contribution in [0.1, 0.15) is 42.9 Å². The van der Waals surface area contributed by atoms with Crippen molar-refractivity contribution in [2.24, 2.45) is 5.41 Å². The first-order valence-corrected chi connectivity index (χ1v) is 11.3. The second kappa shape index (κ2) is 9.02. The lowest BCUT2D eigenvalue weighted by atomic mass is 9.69. The molecule has 0 saturated carbocycles. The maximum atomic E-state index is 12.3. The number of fused-ring (bicyclic) bond motifs is 1. The fourth-order valence-electron chi connectivity index (χ4n) is 5.50. The fourth-order valence-corrected chi connectivity index (χ4v) is 5.50. The third-order valence-electron chi connectivity index (χ3n) is 7.40. The summed E-state index contributed by atoms with van der Waals surface area (Å²) in [6, 6.07) is 14.4. The maximum Gasteiger partial charge on any atom is 0.409 e. The molecule has 2 aromatic rings. The van der Waals surface area contributed by atoms with Crippen LogP contribution < -0.4 is 9.47 Å². The fraction of sp³-hybridized carbons (Fsp3) is 0.500. The highest BCUT2D eigenvalue weighted by molar-refractivity contribution is 5.68. The van der Waals surface area contributed by atoms with Gasteiger partial charge in [0.1, 0.15) is 6.10 Å². The van der Waals surface area contributed by atoms with E-state index < -0.39 is 11.5 Å². The molecule has 0 radical (unpaired) electrons. The number of aliphatic hydroxyl groups excluding tert-OH is 1. The van der Waals surface area contributed by atoms with Gasteiger partial charge >= 0.3 is 6.09 Å². The number of benzene rings is 2. The number of aliphatic hydroxyl groups is 1. The van der Waals surface area contributed by atoms with Gasteiger partial charge < -0.3 is 24.2 Å². The summed E-state index contributed by atoms with van der Waals surface area (Å²) < 4.78 is 17.0. The van der Waals surface area contributed by atoms with E-state index in [1.807, 2.05) is 25.1 Å². The molecule has 1 amide bonds. The second-order valence-corrected chi connectivity index (χ2v) is 8.99. The van der Waals surface area contributed by atoms with Crippen LogP contribution in [0.5, 0.6) is 11.5 Å². The number of hydrogen-bond donors (Lipinski definition) is 1. The Balaban J connectivity index is 1.64. The van der Waals surface area contributed by atoms with Crippen molar-refractivity contribution in [3.8, 4) is 11.5 Å². The first-order chi connectivity index (χ1) is 15.4. The molecule has 1 fully saturated rings. The number of methoxy groups -OCH3 is 2. The summed E-state index contributed by atoms with van der Waals surface area (Å²) >= 11 is 0. The molecule has 4 rings (SSSR count). The molecule has 1 aliphatic heterocycles. The average Bonchev–Trinajstić information content (AvgIpc) is 3.40. The molecule has 6 heteroatoms. The van der Waals surface area contributed by atoms with Crippen molar-refractivity contribution in [2.45, 2.75) is 51.2 Å². The van der Waals surface area contributed by atoms with Gasteiger partial charge in [0.05, 0.1) is 20.3 Å². The van der Waals surface area contributed by atoms with E-state index in [0.29, 0.717) is 24.6 Å². The number of amides is 1. The SMILES string of the molecule is CCC1(C(C)O)CN(C(=O)OC)CC1c1ccc(OC)c(OC2Cc3ccccc3C2)c1. The monoisotopic (exact) mass is 439 g/mol. The first kappa shape index (κ1) is 22.5. The minimum atomic E-state index is -0.581. The van der Waals surface area contributed by atoms with Crippen LogP contribution in [0.3, 0.4) is 0 Å². The molecule has 1 N–H and O–H groups in total. The summed E-state index contributed by atoms with van der Waals surface area (Å²) in [5, 5.41) is 10.8. The van der Waals surface area contributed by atoms with E-state index in [2.05, 4.69) is 31.2 Å². The van der Waals surface area contributed by atoms with Crippen LogP contribution in [0, 0.1) is 5.41 Å². The minimum absolute atomic E-state index is 0.0411. The molecule has 3 unspecified atom stereocenters. The molecule has 172 valence electrons. The van der Waals surface area contributed by atoms with Crippen LogP contribution in [0.25, 0.3) is 0 Å². The van der Waals surface area contributed by atoms with Crippen molar-refractivity contribution in [1.29, 1.82) is 0 Å². The predicted molar refractivity (Wildman–Crippen MR) is 122 cm³/mol. The first-order valence-electron chi connectivity index (χ1n) is 11.3. The van der Waals surface area contributed by atoms with Gasteiger partial charge in [-0.3, -0.25) is 0 Å². The number of likely N-dealkylation sites (tertiary alicyclic amines) is 1. The Morgan fingerprint density at radius 2 is 1.84 bits per heavy atom. The van der Waals surface area contributed by atoms with Crippen molar-refractivity contribution < 1.29 is 24.1 Å². The zero-order chi connectivity index (χ0) is 22.9. The van der Waals surface area contributed by atoms with Gasteiger partial charge in [0.2, 0.25) is 0 Å². The summed E-state index contributed by atoms with van der Waals surface area (Å²) in [4.78, 5) is 14.0. The summed E-state index contributed by atoms with van der Waals surface area (Å²) in [7, 11) is 3.04. The van der Waals surface area contributed by atoms with Crippen molar-refractivity contribution >= 4 is 6.09 Å². The van der Waals surface area contributed by atoms with Crippen LogP contribution in [0.15, 0.2) is 42.5 Å². The summed E-state index contributed by atoms with van der Waals surface area (Å²) in [6.45, 7) is 4.83. The molecule has 3 atom stereocenters. The molecule has 0 spiro atoms. The Hall–Kier alpha value is -2.73. The number of carbonyl (C=O) groups is 1. The highest BCUT2D eigenvalue weighted by Crippen LogP contribution is 2.49. The Bertz CT molecular complexity index is 949. The van der Waals surface area contributed by atoms with Gasteiger partial charge in [0, 0.05) is 37.3 Å². The van der Waals surface area contributed by atoms with Gasteiger partial charge in [-0.25, -0.2) is 4.79 Å². The van der Waals surface area contributed by atoms with Crippen molar-refractivity contribution in [3.63, 3.8) is 0 Å². The molecule has 32 heavy (non-hydrogen) atoms. The lowest BCUT2D eigenvalue weighted by Crippen LogP contribution is -2.40. The number of nitrogens with zero attached hydrogens (tertiary/aromatic N) is 1. The molecule has 6 nitrogen and oxygen atoms in total. The molecule has 0 bridgehead atoms. The quantitative estimate of drug-likeness (QED) is 0.731.